The Balaban J connectivity index is 2.59. The summed E-state index contributed by atoms with van der Waals surface area (Å²) in [5, 5.41) is 18.7. The lowest BCUT2D eigenvalue weighted by molar-refractivity contribution is 0.0652. The molecule has 0 aliphatic rings. The van der Waals surface area contributed by atoms with E-state index in [1.165, 1.54) is 12.1 Å². The van der Waals surface area contributed by atoms with Crippen molar-refractivity contribution in [2.75, 3.05) is 0 Å². The van der Waals surface area contributed by atoms with Crippen LogP contribution in [0.15, 0.2) is 45.6 Å². The van der Waals surface area contributed by atoms with Gasteiger partial charge < -0.3 is 14.6 Å². The first-order valence-electron chi connectivity index (χ1n) is 5.96. The van der Waals surface area contributed by atoms with Crippen molar-refractivity contribution in [3.63, 3.8) is 0 Å². The van der Waals surface area contributed by atoms with Crippen molar-refractivity contribution in [3.8, 4) is 0 Å². The Labute approximate surface area is 116 Å². The lowest BCUT2D eigenvalue weighted by atomic mass is 10.0. The third-order valence-electron chi connectivity index (χ3n) is 3.19. The van der Waals surface area contributed by atoms with Gasteiger partial charge in [-0.2, -0.15) is 0 Å². The van der Waals surface area contributed by atoms with Crippen molar-refractivity contribution in [2.24, 2.45) is 0 Å². The topological polar surface area (TPSA) is 105 Å². The van der Waals surface area contributed by atoms with Gasteiger partial charge in [-0.3, -0.25) is 4.79 Å². The Bertz CT molecular complexity index is 967. The lowest BCUT2D eigenvalue weighted by Gasteiger charge is -2.06. The summed E-state index contributed by atoms with van der Waals surface area (Å²) in [7, 11) is 0. The van der Waals surface area contributed by atoms with Crippen molar-refractivity contribution in [1.29, 1.82) is 0 Å². The summed E-state index contributed by atoms with van der Waals surface area (Å²) in [4.78, 5) is 34.8. The van der Waals surface area contributed by atoms with Crippen LogP contribution in [-0.2, 0) is 0 Å². The summed E-state index contributed by atoms with van der Waals surface area (Å²) < 4.78 is 5.47. The molecule has 3 aromatic rings. The molecular weight excluding hydrogens is 276 g/mol. The molecule has 0 aliphatic heterocycles. The number of hydrogen-bond donors (Lipinski definition) is 2. The van der Waals surface area contributed by atoms with Crippen LogP contribution in [0.3, 0.4) is 0 Å². The van der Waals surface area contributed by atoms with Crippen molar-refractivity contribution in [1.82, 2.24) is 0 Å². The van der Waals surface area contributed by atoms with Gasteiger partial charge in [-0.25, -0.2) is 9.59 Å². The SMILES string of the molecule is O=C(O)c1ccc2c(=O)c3ccccc3oc2c1C(=O)O. The van der Waals surface area contributed by atoms with Crippen LogP contribution in [0.25, 0.3) is 21.9 Å². The molecule has 0 radical (unpaired) electrons. The normalized spacial score (nSPS) is 10.9. The number of carboxylic acids is 2. The quantitative estimate of drug-likeness (QED) is 0.700. The second-order valence-electron chi connectivity index (χ2n) is 4.40. The molecule has 3 rings (SSSR count). The largest absolute Gasteiger partial charge is 0.478 e. The predicted molar refractivity (Wildman–Crippen MR) is 73.9 cm³/mol. The number of carboxylic acid groups (broad SMARTS) is 2. The highest BCUT2D eigenvalue weighted by molar-refractivity contribution is 6.11. The molecule has 0 fully saturated rings. The fourth-order valence-corrected chi connectivity index (χ4v) is 2.26. The van der Waals surface area contributed by atoms with Crippen molar-refractivity contribution >= 4 is 33.9 Å². The average Bonchev–Trinajstić information content (AvgIpc) is 2.46. The van der Waals surface area contributed by atoms with Crippen molar-refractivity contribution < 1.29 is 24.2 Å². The summed E-state index contributed by atoms with van der Waals surface area (Å²) in [5.41, 5.74) is -1.37. The Morgan fingerprint density at radius 2 is 1.62 bits per heavy atom. The molecule has 0 atom stereocenters. The minimum absolute atomic E-state index is 0.0381. The number of rotatable bonds is 2. The summed E-state index contributed by atoms with van der Waals surface area (Å²) >= 11 is 0. The molecule has 21 heavy (non-hydrogen) atoms. The number of hydrogen-bond acceptors (Lipinski definition) is 4. The summed E-state index contributed by atoms with van der Waals surface area (Å²) in [5.74, 6) is -2.86. The average molecular weight is 284 g/mol. The number of benzene rings is 2. The smallest absolute Gasteiger partial charge is 0.340 e. The molecule has 0 unspecified atom stereocenters. The second-order valence-corrected chi connectivity index (χ2v) is 4.40. The molecule has 0 saturated heterocycles. The van der Waals surface area contributed by atoms with E-state index in [0.29, 0.717) is 5.39 Å². The summed E-state index contributed by atoms with van der Waals surface area (Å²) in [6.45, 7) is 0. The highest BCUT2D eigenvalue weighted by atomic mass is 16.4. The van der Waals surface area contributed by atoms with E-state index in [2.05, 4.69) is 0 Å². The van der Waals surface area contributed by atoms with E-state index >= 15 is 0 Å². The van der Waals surface area contributed by atoms with Crippen LogP contribution in [0, 0.1) is 0 Å². The van der Waals surface area contributed by atoms with Crippen LogP contribution in [0.2, 0.25) is 0 Å². The highest BCUT2D eigenvalue weighted by Gasteiger charge is 2.23. The molecule has 1 aromatic heterocycles. The molecule has 1 heterocycles. The fourth-order valence-electron chi connectivity index (χ4n) is 2.26. The third kappa shape index (κ3) is 1.85. The Hall–Kier alpha value is -3.15. The monoisotopic (exact) mass is 284 g/mol. The minimum atomic E-state index is -1.46. The van der Waals surface area contributed by atoms with Gasteiger partial charge in [0.05, 0.1) is 16.3 Å². The molecule has 6 heteroatoms. The summed E-state index contributed by atoms with van der Waals surface area (Å²) in [6.07, 6.45) is 0. The molecule has 0 amide bonds. The van der Waals surface area contributed by atoms with Crippen LogP contribution in [0.4, 0.5) is 0 Å². The van der Waals surface area contributed by atoms with Gasteiger partial charge in [-0.05, 0) is 24.3 Å². The lowest BCUT2D eigenvalue weighted by Crippen LogP contribution is -2.11. The number of carbonyl (C=O) groups is 2. The van der Waals surface area contributed by atoms with Gasteiger partial charge >= 0.3 is 11.9 Å². The molecule has 2 N–H and O–H groups in total. The van der Waals surface area contributed by atoms with E-state index in [1.54, 1.807) is 18.2 Å². The van der Waals surface area contributed by atoms with Gasteiger partial charge in [-0.1, -0.05) is 12.1 Å². The molecule has 0 bridgehead atoms. The predicted octanol–water partition coefficient (Wildman–Crippen LogP) is 2.34. The van der Waals surface area contributed by atoms with Gasteiger partial charge in [0, 0.05) is 0 Å². The van der Waals surface area contributed by atoms with Gasteiger partial charge in [-0.15, -0.1) is 0 Å². The van der Waals surface area contributed by atoms with E-state index in [1.807, 2.05) is 0 Å². The first-order valence-corrected chi connectivity index (χ1v) is 5.96. The summed E-state index contributed by atoms with van der Waals surface area (Å²) in [6, 6.07) is 8.75. The maximum absolute atomic E-state index is 12.3. The van der Waals surface area contributed by atoms with Gasteiger partial charge in [0.1, 0.15) is 11.1 Å². The third-order valence-corrected chi connectivity index (χ3v) is 3.19. The Morgan fingerprint density at radius 1 is 0.905 bits per heavy atom. The zero-order valence-electron chi connectivity index (χ0n) is 10.5. The zero-order chi connectivity index (χ0) is 15.1. The number of para-hydroxylation sites is 1. The molecule has 104 valence electrons. The number of fused-ring (bicyclic) bond motifs is 2. The Morgan fingerprint density at radius 3 is 2.29 bits per heavy atom. The van der Waals surface area contributed by atoms with Crippen LogP contribution >= 0.6 is 0 Å². The first-order chi connectivity index (χ1) is 10.0. The van der Waals surface area contributed by atoms with E-state index in [0.717, 1.165) is 6.07 Å². The standard InChI is InChI=1S/C15H8O6/c16-12-7-3-1-2-4-10(7)21-13-9(12)6-5-8(14(17)18)11(13)15(19)20/h1-6H,(H,17,18)(H,19,20). The van der Waals surface area contributed by atoms with E-state index in [4.69, 9.17) is 9.52 Å². The molecule has 0 spiro atoms. The van der Waals surface area contributed by atoms with E-state index in [9.17, 15) is 19.5 Å². The van der Waals surface area contributed by atoms with Gasteiger partial charge in [0.2, 0.25) is 5.43 Å². The van der Waals surface area contributed by atoms with Crippen LogP contribution < -0.4 is 5.43 Å². The maximum Gasteiger partial charge on any atom is 0.340 e. The van der Waals surface area contributed by atoms with Crippen LogP contribution in [-0.4, -0.2) is 22.2 Å². The van der Waals surface area contributed by atoms with Gasteiger partial charge in [0.25, 0.3) is 0 Å². The van der Waals surface area contributed by atoms with Gasteiger partial charge in [0.15, 0.2) is 5.58 Å². The van der Waals surface area contributed by atoms with Crippen molar-refractivity contribution in [3.05, 3.63) is 57.7 Å². The van der Waals surface area contributed by atoms with Crippen LogP contribution in [0.1, 0.15) is 20.7 Å². The minimum Gasteiger partial charge on any atom is -0.478 e. The second kappa shape index (κ2) is 4.45. The number of aromatic carboxylic acids is 2. The molecule has 0 saturated carbocycles. The maximum atomic E-state index is 12.3. The van der Waals surface area contributed by atoms with Crippen molar-refractivity contribution in [2.45, 2.75) is 0 Å². The molecule has 2 aromatic carbocycles. The van der Waals surface area contributed by atoms with E-state index in [-0.39, 0.29) is 16.6 Å². The first kappa shape index (κ1) is 12.9. The molecule has 0 aliphatic carbocycles. The van der Waals surface area contributed by atoms with E-state index < -0.39 is 28.5 Å². The fraction of sp³-hybridized carbons (Fsp3) is 0. The molecular formula is C15H8O6. The van der Waals surface area contributed by atoms with Crippen LogP contribution in [0.5, 0.6) is 0 Å². The highest BCUT2D eigenvalue weighted by Crippen LogP contribution is 2.24. The molecule has 6 nitrogen and oxygen atoms in total. The zero-order valence-corrected chi connectivity index (χ0v) is 10.5. The Kier molecular flexibility index (Phi) is 2.72.